The Bertz CT molecular complexity index is 3490. The zero-order chi connectivity index (χ0) is 36.7. The zero-order valence-corrected chi connectivity index (χ0v) is 30.1. The minimum atomic E-state index is 0.841. The zero-order valence-electron chi connectivity index (χ0n) is 30.1. The molecule has 12 aromatic rings. The van der Waals surface area contributed by atoms with E-state index >= 15 is 0 Å². The molecule has 3 aromatic heterocycles. The number of para-hydroxylation sites is 4. The van der Waals surface area contributed by atoms with Crippen LogP contribution in [0, 0.1) is 0 Å². The van der Waals surface area contributed by atoms with Gasteiger partial charge in [-0.05, 0) is 82.6 Å². The van der Waals surface area contributed by atoms with Crippen LogP contribution in [0.2, 0.25) is 0 Å². The predicted octanol–water partition coefficient (Wildman–Crippen LogP) is 15.3. The molecule has 0 atom stereocenters. The van der Waals surface area contributed by atoms with E-state index in [2.05, 4.69) is 163 Å². The highest BCUT2D eigenvalue weighted by Gasteiger charge is 2.22. The van der Waals surface area contributed by atoms with Gasteiger partial charge in [-0.15, -0.1) is 0 Å². The molecule has 0 N–H and O–H groups in total. The molecule has 0 aliphatic carbocycles. The molecule has 0 saturated carbocycles. The van der Waals surface area contributed by atoms with Gasteiger partial charge in [-0.2, -0.15) is 0 Å². The van der Waals surface area contributed by atoms with Crippen molar-refractivity contribution >= 4 is 93.7 Å². The third-order valence-electron chi connectivity index (χ3n) is 11.3. The first kappa shape index (κ1) is 30.9. The lowest BCUT2D eigenvalue weighted by Gasteiger charge is -2.28. The standard InChI is InChI=1S/C52H31NO3/c1-2-12-34-30-49-44(29-33(34)11-1)42-18-9-17-41(52(42)56-49)38-13-3-6-19-45(38)53(36-27-28-40-39-14-4-7-20-46(39)55-50(40)31-36)35-25-23-32(24-26-35)37-16-10-22-48-51(37)43-15-5-8-21-47(43)54-48/h1-31H. The Labute approximate surface area is 321 Å². The van der Waals surface area contributed by atoms with Gasteiger partial charge in [0.05, 0.1) is 5.69 Å². The lowest BCUT2D eigenvalue weighted by atomic mass is 9.97. The van der Waals surface area contributed by atoms with Crippen molar-refractivity contribution in [1.29, 1.82) is 0 Å². The topological polar surface area (TPSA) is 42.7 Å². The highest BCUT2D eigenvalue weighted by molar-refractivity contribution is 6.15. The molecule has 0 aliphatic rings. The molecule has 3 heterocycles. The summed E-state index contributed by atoms with van der Waals surface area (Å²) < 4.78 is 19.5. The summed E-state index contributed by atoms with van der Waals surface area (Å²) in [6.45, 7) is 0. The maximum absolute atomic E-state index is 6.77. The Morgan fingerprint density at radius 3 is 1.79 bits per heavy atom. The van der Waals surface area contributed by atoms with Crippen molar-refractivity contribution in [2.24, 2.45) is 0 Å². The van der Waals surface area contributed by atoms with Gasteiger partial charge in [0.2, 0.25) is 0 Å². The van der Waals surface area contributed by atoms with E-state index in [1.165, 1.54) is 5.39 Å². The summed E-state index contributed by atoms with van der Waals surface area (Å²) in [6.07, 6.45) is 0. The highest BCUT2D eigenvalue weighted by atomic mass is 16.3. The van der Waals surface area contributed by atoms with Crippen LogP contribution in [0.15, 0.2) is 201 Å². The summed E-state index contributed by atoms with van der Waals surface area (Å²) in [6, 6.07) is 66.1. The number of fused-ring (bicyclic) bond motifs is 10. The number of furan rings is 3. The number of rotatable bonds is 5. The molecule has 0 saturated heterocycles. The average Bonchev–Trinajstić information content (AvgIpc) is 3.94. The Kier molecular flexibility index (Phi) is 6.60. The van der Waals surface area contributed by atoms with E-state index in [0.29, 0.717) is 0 Å². The van der Waals surface area contributed by atoms with Crippen LogP contribution in [0.25, 0.3) is 98.8 Å². The van der Waals surface area contributed by atoms with E-state index in [0.717, 1.165) is 111 Å². The molecular formula is C52H31NO3. The lowest BCUT2D eigenvalue weighted by Crippen LogP contribution is -2.11. The fraction of sp³-hybridized carbons (Fsp3) is 0. The molecule has 0 fully saturated rings. The molecule has 0 spiro atoms. The molecule has 0 aliphatic heterocycles. The van der Waals surface area contributed by atoms with Crippen molar-refractivity contribution in [3.05, 3.63) is 188 Å². The van der Waals surface area contributed by atoms with Gasteiger partial charge in [-0.1, -0.05) is 121 Å². The SMILES string of the molecule is c1ccc(N(c2ccc(-c3cccc4oc5ccccc5c34)cc2)c2ccc3c(c2)oc2ccccc23)c(-c2cccc3c2oc2cc4ccccc4cc23)c1. The van der Waals surface area contributed by atoms with Gasteiger partial charge in [0.1, 0.15) is 33.5 Å². The second kappa shape index (κ2) is 12.0. The van der Waals surface area contributed by atoms with Crippen LogP contribution in [0.4, 0.5) is 17.1 Å². The Morgan fingerprint density at radius 2 is 0.911 bits per heavy atom. The molecule has 262 valence electrons. The van der Waals surface area contributed by atoms with Crippen LogP contribution in [-0.4, -0.2) is 0 Å². The van der Waals surface area contributed by atoms with Crippen LogP contribution < -0.4 is 4.90 Å². The van der Waals surface area contributed by atoms with Gasteiger partial charge in [-0.3, -0.25) is 0 Å². The Morgan fingerprint density at radius 1 is 0.321 bits per heavy atom. The molecule has 0 unspecified atom stereocenters. The van der Waals surface area contributed by atoms with Crippen LogP contribution in [0.1, 0.15) is 0 Å². The lowest BCUT2D eigenvalue weighted by molar-refractivity contribution is 0.668. The Hall–Kier alpha value is -7.56. The number of anilines is 3. The largest absolute Gasteiger partial charge is 0.456 e. The monoisotopic (exact) mass is 717 g/mol. The Balaban J connectivity index is 1.06. The molecule has 4 heteroatoms. The van der Waals surface area contributed by atoms with Crippen molar-refractivity contribution in [1.82, 2.24) is 0 Å². The molecular weight excluding hydrogens is 687 g/mol. The summed E-state index contributed by atoms with van der Waals surface area (Å²) in [5.41, 5.74) is 12.6. The number of hydrogen-bond donors (Lipinski definition) is 0. The van der Waals surface area contributed by atoms with Gasteiger partial charge < -0.3 is 18.2 Å². The summed E-state index contributed by atoms with van der Waals surface area (Å²) in [4.78, 5) is 2.33. The first-order valence-electron chi connectivity index (χ1n) is 18.9. The molecule has 0 radical (unpaired) electrons. The molecule has 0 bridgehead atoms. The molecule has 4 nitrogen and oxygen atoms in total. The van der Waals surface area contributed by atoms with Crippen LogP contribution in [0.5, 0.6) is 0 Å². The van der Waals surface area contributed by atoms with Gasteiger partial charge >= 0.3 is 0 Å². The molecule has 56 heavy (non-hydrogen) atoms. The fourth-order valence-corrected chi connectivity index (χ4v) is 8.68. The predicted molar refractivity (Wildman–Crippen MR) is 231 cm³/mol. The van der Waals surface area contributed by atoms with Crippen molar-refractivity contribution in [2.45, 2.75) is 0 Å². The maximum Gasteiger partial charge on any atom is 0.143 e. The summed E-state index contributed by atoms with van der Waals surface area (Å²) in [7, 11) is 0. The molecule has 9 aromatic carbocycles. The van der Waals surface area contributed by atoms with Gasteiger partial charge in [-0.25, -0.2) is 0 Å². The highest BCUT2D eigenvalue weighted by Crippen LogP contribution is 2.46. The van der Waals surface area contributed by atoms with Crippen molar-refractivity contribution in [2.75, 3.05) is 4.90 Å². The molecule has 12 rings (SSSR count). The van der Waals surface area contributed by atoms with E-state index in [9.17, 15) is 0 Å². The third kappa shape index (κ3) is 4.66. The smallest absolute Gasteiger partial charge is 0.143 e. The second-order valence-corrected chi connectivity index (χ2v) is 14.4. The summed E-state index contributed by atoms with van der Waals surface area (Å²) >= 11 is 0. The van der Waals surface area contributed by atoms with Crippen molar-refractivity contribution in [3.63, 3.8) is 0 Å². The van der Waals surface area contributed by atoms with Crippen molar-refractivity contribution < 1.29 is 13.3 Å². The summed E-state index contributed by atoms with van der Waals surface area (Å²) in [5.74, 6) is 0. The van der Waals surface area contributed by atoms with Crippen LogP contribution >= 0.6 is 0 Å². The minimum absolute atomic E-state index is 0.841. The maximum atomic E-state index is 6.77. The first-order chi connectivity index (χ1) is 27.7. The second-order valence-electron chi connectivity index (χ2n) is 14.4. The van der Waals surface area contributed by atoms with Crippen LogP contribution in [-0.2, 0) is 0 Å². The minimum Gasteiger partial charge on any atom is -0.456 e. The van der Waals surface area contributed by atoms with E-state index in [1.807, 2.05) is 30.3 Å². The van der Waals surface area contributed by atoms with E-state index in [-0.39, 0.29) is 0 Å². The van der Waals surface area contributed by atoms with Crippen molar-refractivity contribution in [3.8, 4) is 22.3 Å². The molecule has 0 amide bonds. The average molecular weight is 718 g/mol. The quantitative estimate of drug-likeness (QED) is 0.178. The van der Waals surface area contributed by atoms with E-state index < -0.39 is 0 Å². The first-order valence-corrected chi connectivity index (χ1v) is 18.9. The normalized spacial score (nSPS) is 11.9. The van der Waals surface area contributed by atoms with Gasteiger partial charge in [0, 0.05) is 60.9 Å². The number of nitrogens with zero attached hydrogens (tertiary/aromatic N) is 1. The number of hydrogen-bond acceptors (Lipinski definition) is 4. The van der Waals surface area contributed by atoms with Crippen LogP contribution in [0.3, 0.4) is 0 Å². The van der Waals surface area contributed by atoms with Gasteiger partial charge in [0.25, 0.3) is 0 Å². The third-order valence-corrected chi connectivity index (χ3v) is 11.3. The number of benzene rings is 9. The van der Waals surface area contributed by atoms with Gasteiger partial charge in [0.15, 0.2) is 0 Å². The van der Waals surface area contributed by atoms with E-state index in [4.69, 9.17) is 13.3 Å². The summed E-state index contributed by atoms with van der Waals surface area (Å²) in [5, 5.41) is 9.00. The fourth-order valence-electron chi connectivity index (χ4n) is 8.68. The van der Waals surface area contributed by atoms with E-state index in [1.54, 1.807) is 0 Å².